The quantitative estimate of drug-likeness (QED) is 0.364. The van der Waals surface area contributed by atoms with Gasteiger partial charge in [-0.1, -0.05) is 29.8 Å². The average Bonchev–Trinajstić information content (AvgIpc) is 3.25. The molecule has 4 aromatic rings. The molecule has 178 valence electrons. The van der Waals surface area contributed by atoms with Gasteiger partial charge in [0.05, 0.1) is 32.9 Å². The lowest BCUT2D eigenvalue weighted by Crippen LogP contribution is -2.42. The third-order valence-corrected chi connectivity index (χ3v) is 8.81. The Bertz CT molecular complexity index is 1540. The highest BCUT2D eigenvalue weighted by molar-refractivity contribution is 9.10. The number of aromatic nitrogens is 3. The summed E-state index contributed by atoms with van der Waals surface area (Å²) in [6, 6.07) is 17.5. The maximum absolute atomic E-state index is 13.0. The molecule has 2 aromatic carbocycles. The van der Waals surface area contributed by atoms with Crippen LogP contribution in [0.25, 0.3) is 16.9 Å². The van der Waals surface area contributed by atoms with Crippen molar-refractivity contribution < 1.29 is 8.42 Å². The molecule has 0 unspecified atom stereocenters. The smallest absolute Gasteiger partial charge is 0.243 e. The summed E-state index contributed by atoms with van der Waals surface area (Å²) in [6.45, 7) is 0.767. The van der Waals surface area contributed by atoms with Crippen molar-refractivity contribution in [2.24, 2.45) is 0 Å². The number of fused-ring (bicyclic) bond motifs is 1. The van der Waals surface area contributed by atoms with Crippen molar-refractivity contribution in [1.29, 1.82) is 5.26 Å². The molecule has 0 bridgehead atoms. The maximum Gasteiger partial charge on any atom is 0.243 e. The Hall–Kier alpha value is -2.97. The Labute approximate surface area is 216 Å². The lowest BCUT2D eigenvalue weighted by atomic mass is 10.1. The van der Waals surface area contributed by atoms with E-state index in [4.69, 9.17) is 21.8 Å². The summed E-state index contributed by atoms with van der Waals surface area (Å²) in [5.41, 5.74) is 2.62. The van der Waals surface area contributed by atoms with E-state index in [1.807, 2.05) is 36.4 Å². The van der Waals surface area contributed by atoms with Gasteiger partial charge in [0.2, 0.25) is 10.0 Å². The number of rotatable bonds is 5. The molecular weight excluding hydrogens is 552 g/mol. The van der Waals surface area contributed by atoms with Crippen molar-refractivity contribution in [2.45, 2.75) is 23.8 Å². The fourth-order valence-electron chi connectivity index (χ4n) is 4.15. The van der Waals surface area contributed by atoms with Crippen LogP contribution in [0.3, 0.4) is 0 Å². The van der Waals surface area contributed by atoms with Gasteiger partial charge in [0.25, 0.3) is 0 Å². The van der Waals surface area contributed by atoms with E-state index in [0.717, 1.165) is 15.9 Å². The molecule has 3 heterocycles. The number of nitriles is 1. The highest BCUT2D eigenvalue weighted by Crippen LogP contribution is 2.31. The molecule has 1 aliphatic rings. The van der Waals surface area contributed by atoms with Crippen molar-refractivity contribution in [2.75, 3.05) is 18.4 Å². The fraction of sp³-hybridized carbons (Fsp3) is 0.208. The van der Waals surface area contributed by atoms with E-state index in [0.29, 0.717) is 47.9 Å². The molecule has 0 radical (unpaired) electrons. The van der Waals surface area contributed by atoms with Crippen molar-refractivity contribution in [1.82, 2.24) is 18.9 Å². The molecule has 11 heteroatoms. The second-order valence-electron chi connectivity index (χ2n) is 8.19. The number of hydrogen-bond acceptors (Lipinski definition) is 6. The largest absolute Gasteiger partial charge is 0.367 e. The van der Waals surface area contributed by atoms with Crippen LogP contribution in [0, 0.1) is 11.3 Å². The Morgan fingerprint density at radius 2 is 1.83 bits per heavy atom. The first-order valence-corrected chi connectivity index (χ1v) is 13.5. The van der Waals surface area contributed by atoms with E-state index in [1.54, 1.807) is 10.7 Å². The van der Waals surface area contributed by atoms with E-state index in [-0.39, 0.29) is 10.9 Å². The first-order valence-electron chi connectivity index (χ1n) is 10.9. The lowest BCUT2D eigenvalue weighted by Gasteiger charge is -2.32. The molecule has 8 nitrogen and oxygen atoms in total. The monoisotopic (exact) mass is 570 g/mol. The molecule has 5 rings (SSSR count). The summed E-state index contributed by atoms with van der Waals surface area (Å²) in [5.74, 6) is 0.754. The van der Waals surface area contributed by atoms with Crippen LogP contribution in [0.1, 0.15) is 18.4 Å². The summed E-state index contributed by atoms with van der Waals surface area (Å²) >= 11 is 9.94. The molecule has 1 N–H and O–H groups in total. The van der Waals surface area contributed by atoms with E-state index in [9.17, 15) is 8.42 Å². The van der Waals surface area contributed by atoms with Gasteiger partial charge in [-0.15, -0.1) is 0 Å². The van der Waals surface area contributed by atoms with Gasteiger partial charge in [0.15, 0.2) is 5.65 Å². The number of benzene rings is 2. The van der Waals surface area contributed by atoms with Gasteiger partial charge < -0.3 is 5.32 Å². The first kappa shape index (κ1) is 23.8. The van der Waals surface area contributed by atoms with Gasteiger partial charge in [-0.25, -0.2) is 13.4 Å². The van der Waals surface area contributed by atoms with Crippen LogP contribution in [0.15, 0.2) is 70.2 Å². The summed E-state index contributed by atoms with van der Waals surface area (Å²) in [7, 11) is -3.61. The predicted octanol–water partition coefficient (Wildman–Crippen LogP) is 4.95. The number of nitrogens with zero attached hydrogens (tertiary/aromatic N) is 5. The van der Waals surface area contributed by atoms with Crippen LogP contribution in [-0.4, -0.2) is 46.5 Å². The van der Waals surface area contributed by atoms with Crippen LogP contribution in [0.4, 0.5) is 5.82 Å². The second kappa shape index (κ2) is 9.59. The van der Waals surface area contributed by atoms with Gasteiger partial charge in [-0.2, -0.15) is 19.2 Å². The molecule has 0 atom stereocenters. The minimum atomic E-state index is -3.61. The van der Waals surface area contributed by atoms with Crippen molar-refractivity contribution >= 4 is 49.0 Å². The first-order chi connectivity index (χ1) is 16.9. The third-order valence-electron chi connectivity index (χ3n) is 6.01. The molecule has 0 amide bonds. The van der Waals surface area contributed by atoms with E-state index in [1.165, 1.54) is 28.6 Å². The predicted molar refractivity (Wildman–Crippen MR) is 138 cm³/mol. The average molecular weight is 572 g/mol. The molecule has 0 saturated carbocycles. The topological polar surface area (TPSA) is 103 Å². The molecule has 1 saturated heterocycles. The standard InChI is InChI=1S/C24H20BrClN6O2S/c25-20-15-28-32-23(13-22(30-24(20)32)19-3-1-2-4-21(19)26)29-17-9-11-31(12-10-17)35(33,34)18-7-5-16(14-27)6-8-18/h1-8,13,15,17,29H,9-12H2. The molecule has 0 spiro atoms. The fourth-order valence-corrected chi connectivity index (χ4v) is 6.20. The number of halogens is 2. The molecule has 0 aliphatic carbocycles. The van der Waals surface area contributed by atoms with Crippen molar-refractivity contribution in [3.05, 3.63) is 75.9 Å². The third kappa shape index (κ3) is 4.65. The number of piperidine rings is 1. The number of sulfonamides is 1. The summed E-state index contributed by atoms with van der Waals surface area (Å²) in [4.78, 5) is 4.93. The Balaban J connectivity index is 1.36. The molecule has 1 aliphatic heterocycles. The Morgan fingerprint density at radius 1 is 1.11 bits per heavy atom. The van der Waals surface area contributed by atoms with Crippen LogP contribution in [0.5, 0.6) is 0 Å². The number of anilines is 1. The normalized spacial score (nSPS) is 15.2. The zero-order valence-electron chi connectivity index (χ0n) is 18.4. The highest BCUT2D eigenvalue weighted by Gasteiger charge is 2.30. The van der Waals surface area contributed by atoms with Crippen molar-refractivity contribution in [3.8, 4) is 17.3 Å². The molecular formula is C24H20BrClN6O2S. The number of nitrogens with one attached hydrogen (secondary N) is 1. The van der Waals surface area contributed by atoms with E-state index < -0.39 is 10.0 Å². The van der Waals surface area contributed by atoms with Crippen LogP contribution < -0.4 is 5.32 Å². The second-order valence-corrected chi connectivity index (χ2v) is 11.4. The van der Waals surface area contributed by atoms with E-state index >= 15 is 0 Å². The van der Waals surface area contributed by atoms with Crippen LogP contribution in [-0.2, 0) is 10.0 Å². The summed E-state index contributed by atoms with van der Waals surface area (Å²) in [6.07, 6.45) is 2.95. The van der Waals surface area contributed by atoms with Crippen molar-refractivity contribution in [3.63, 3.8) is 0 Å². The van der Waals surface area contributed by atoms with E-state index in [2.05, 4.69) is 26.3 Å². The van der Waals surface area contributed by atoms with Gasteiger partial charge in [0, 0.05) is 35.8 Å². The van der Waals surface area contributed by atoms with Gasteiger partial charge in [0.1, 0.15) is 5.82 Å². The van der Waals surface area contributed by atoms with Crippen LogP contribution in [0.2, 0.25) is 5.02 Å². The molecule has 2 aromatic heterocycles. The Kier molecular flexibility index (Phi) is 6.51. The number of hydrogen-bond donors (Lipinski definition) is 1. The van der Waals surface area contributed by atoms with Crippen LogP contribution >= 0.6 is 27.5 Å². The maximum atomic E-state index is 13.0. The SMILES string of the molecule is N#Cc1ccc(S(=O)(=O)N2CCC(Nc3cc(-c4ccccc4Cl)nc4c(Br)cnn34)CC2)cc1. The highest BCUT2D eigenvalue weighted by atomic mass is 79.9. The molecule has 1 fully saturated rings. The minimum absolute atomic E-state index is 0.0510. The minimum Gasteiger partial charge on any atom is -0.367 e. The van der Waals surface area contributed by atoms with Gasteiger partial charge in [-0.05, 0) is 59.1 Å². The summed E-state index contributed by atoms with van der Waals surface area (Å²) in [5, 5.41) is 17.5. The summed E-state index contributed by atoms with van der Waals surface area (Å²) < 4.78 is 30.1. The van der Waals surface area contributed by atoms with Gasteiger partial charge in [-0.3, -0.25) is 0 Å². The molecule has 35 heavy (non-hydrogen) atoms. The lowest BCUT2D eigenvalue weighted by molar-refractivity contribution is 0.329. The van der Waals surface area contributed by atoms with Gasteiger partial charge >= 0.3 is 0 Å². The zero-order chi connectivity index (χ0) is 24.6. The Morgan fingerprint density at radius 3 is 2.51 bits per heavy atom. The zero-order valence-corrected chi connectivity index (χ0v) is 21.6.